The van der Waals surface area contributed by atoms with Crippen LogP contribution < -0.4 is 10.1 Å². The number of benzene rings is 1. The van der Waals surface area contributed by atoms with Crippen molar-refractivity contribution in [3.05, 3.63) is 30.1 Å². The lowest BCUT2D eigenvalue weighted by Gasteiger charge is -2.21. The first kappa shape index (κ1) is 20.0. The lowest BCUT2D eigenvalue weighted by atomic mass is 10.3. The molecule has 1 atom stereocenters. The zero-order chi connectivity index (χ0) is 18.2. The number of urea groups is 1. The second-order valence-electron chi connectivity index (χ2n) is 5.20. The molecule has 5 nitrogen and oxygen atoms in total. The molecule has 0 saturated carbocycles. The Bertz CT molecular complexity index is 508. The molecule has 1 rings (SSSR count). The average molecular weight is 352 g/mol. The van der Waals surface area contributed by atoms with E-state index in [2.05, 4.69) is 10.1 Å². The van der Waals surface area contributed by atoms with E-state index < -0.39 is 24.9 Å². The molecule has 0 aliphatic carbocycles. The van der Waals surface area contributed by atoms with Crippen LogP contribution >= 0.6 is 0 Å². The third kappa shape index (κ3) is 8.56. The van der Waals surface area contributed by atoms with E-state index in [-0.39, 0.29) is 25.6 Å². The largest absolute Gasteiger partial charge is 0.492 e. The third-order valence-electron chi connectivity index (χ3n) is 2.86. The lowest BCUT2D eigenvalue weighted by Crippen LogP contribution is -2.45. The van der Waals surface area contributed by atoms with Crippen LogP contribution in [0.3, 0.4) is 0 Å². The van der Waals surface area contributed by atoms with Gasteiger partial charge >= 0.3 is 12.2 Å². The van der Waals surface area contributed by atoms with Crippen LogP contribution in [-0.2, 0) is 4.74 Å². The molecule has 9 heteroatoms. The van der Waals surface area contributed by atoms with Crippen LogP contribution in [0.15, 0.2) is 24.3 Å². The number of amides is 2. The van der Waals surface area contributed by atoms with Crippen LogP contribution in [0.5, 0.6) is 5.75 Å². The van der Waals surface area contributed by atoms with Gasteiger partial charge in [-0.15, -0.1) is 0 Å². The van der Waals surface area contributed by atoms with Crippen molar-refractivity contribution in [3.63, 3.8) is 0 Å². The molecule has 0 spiro atoms. The van der Waals surface area contributed by atoms with E-state index in [0.717, 1.165) is 0 Å². The van der Waals surface area contributed by atoms with Gasteiger partial charge in [0.05, 0.1) is 19.2 Å². The quantitative estimate of drug-likeness (QED) is 0.732. The minimum atomic E-state index is -4.39. The average Bonchev–Trinajstić information content (AvgIpc) is 2.47. The topological polar surface area (TPSA) is 50.8 Å². The van der Waals surface area contributed by atoms with E-state index in [1.807, 2.05) is 0 Å². The van der Waals surface area contributed by atoms with Crippen LogP contribution in [-0.4, -0.2) is 56.6 Å². The predicted octanol–water partition coefficient (Wildman–Crippen LogP) is 2.81. The monoisotopic (exact) mass is 352 g/mol. The van der Waals surface area contributed by atoms with Crippen LogP contribution in [0.1, 0.15) is 6.92 Å². The van der Waals surface area contributed by atoms with E-state index in [0.29, 0.717) is 5.75 Å². The summed E-state index contributed by atoms with van der Waals surface area (Å²) in [6.07, 6.45) is -4.39. The summed E-state index contributed by atoms with van der Waals surface area (Å²) in [5.41, 5.74) is 0. The molecule has 0 heterocycles. The van der Waals surface area contributed by atoms with Crippen LogP contribution in [0.25, 0.3) is 0 Å². The van der Waals surface area contributed by atoms with Crippen LogP contribution in [0, 0.1) is 5.82 Å². The first-order chi connectivity index (χ1) is 11.2. The zero-order valence-electron chi connectivity index (χ0n) is 13.4. The minimum absolute atomic E-state index is 0.189. The molecule has 1 N–H and O–H groups in total. The number of nitrogens with zero attached hydrogens (tertiary/aromatic N) is 1. The number of hydrogen-bond acceptors (Lipinski definition) is 3. The van der Waals surface area contributed by atoms with Gasteiger partial charge in [-0.3, -0.25) is 0 Å². The Morgan fingerprint density at radius 1 is 1.29 bits per heavy atom. The smallest absolute Gasteiger partial charge is 0.411 e. The Morgan fingerprint density at radius 3 is 2.50 bits per heavy atom. The number of nitrogens with one attached hydrogen (secondary N) is 1. The minimum Gasteiger partial charge on any atom is -0.492 e. The number of hydrogen-bond donors (Lipinski definition) is 1. The second kappa shape index (κ2) is 9.31. The summed E-state index contributed by atoms with van der Waals surface area (Å²) in [7, 11) is 1.52. The fourth-order valence-corrected chi connectivity index (χ4v) is 1.65. The Hall–Kier alpha value is -2.03. The number of carbonyl (C=O) groups excluding carboxylic acids is 1. The summed E-state index contributed by atoms with van der Waals surface area (Å²) in [6, 6.07) is 4.43. The highest BCUT2D eigenvalue weighted by molar-refractivity contribution is 5.74. The van der Waals surface area contributed by atoms with Gasteiger partial charge in [0.1, 0.15) is 24.8 Å². The molecule has 1 unspecified atom stereocenters. The summed E-state index contributed by atoms with van der Waals surface area (Å²) in [5, 5.41) is 2.51. The summed E-state index contributed by atoms with van der Waals surface area (Å²) in [6.45, 7) is 0.380. The molecular formula is C15H20F4N2O3. The van der Waals surface area contributed by atoms with Crippen molar-refractivity contribution in [1.29, 1.82) is 0 Å². The van der Waals surface area contributed by atoms with Gasteiger partial charge in [0, 0.05) is 7.05 Å². The molecule has 1 aromatic carbocycles. The highest BCUT2D eigenvalue weighted by Gasteiger charge is 2.27. The number of likely N-dealkylation sites (N-methyl/N-ethyl adjacent to an activating group) is 1. The summed E-state index contributed by atoms with van der Waals surface area (Å²) >= 11 is 0. The molecule has 0 aliphatic heterocycles. The van der Waals surface area contributed by atoms with Crippen LogP contribution in [0.4, 0.5) is 22.4 Å². The molecule has 0 bridgehead atoms. The zero-order valence-corrected chi connectivity index (χ0v) is 13.4. The van der Waals surface area contributed by atoms with Crippen molar-refractivity contribution in [2.24, 2.45) is 0 Å². The maximum absolute atomic E-state index is 12.7. The third-order valence-corrected chi connectivity index (χ3v) is 2.86. The van der Waals surface area contributed by atoms with Gasteiger partial charge in [0.25, 0.3) is 0 Å². The Morgan fingerprint density at radius 2 is 1.92 bits per heavy atom. The summed E-state index contributed by atoms with van der Waals surface area (Å²) < 4.78 is 58.4. The van der Waals surface area contributed by atoms with Gasteiger partial charge in [-0.25, -0.2) is 9.18 Å². The molecule has 24 heavy (non-hydrogen) atoms. The first-order valence-electron chi connectivity index (χ1n) is 7.22. The molecule has 2 amide bonds. The molecule has 0 aromatic heterocycles. The number of rotatable bonds is 8. The molecule has 1 aromatic rings. The first-order valence-corrected chi connectivity index (χ1v) is 7.22. The van der Waals surface area contributed by atoms with Crippen molar-refractivity contribution in [2.45, 2.75) is 19.1 Å². The van der Waals surface area contributed by atoms with Gasteiger partial charge in [0.2, 0.25) is 0 Å². The van der Waals surface area contributed by atoms with Gasteiger partial charge in [-0.1, -0.05) is 0 Å². The van der Waals surface area contributed by atoms with Gasteiger partial charge in [0.15, 0.2) is 0 Å². The molecular weight excluding hydrogens is 332 g/mol. The molecule has 0 saturated heterocycles. The number of halogens is 4. The maximum Gasteiger partial charge on any atom is 0.411 e. The van der Waals surface area contributed by atoms with Gasteiger partial charge < -0.3 is 19.7 Å². The van der Waals surface area contributed by atoms with E-state index in [4.69, 9.17) is 4.74 Å². The highest BCUT2D eigenvalue weighted by Crippen LogP contribution is 2.14. The van der Waals surface area contributed by atoms with Crippen molar-refractivity contribution in [3.8, 4) is 5.75 Å². The molecule has 0 fully saturated rings. The van der Waals surface area contributed by atoms with Gasteiger partial charge in [-0.05, 0) is 31.2 Å². The van der Waals surface area contributed by atoms with E-state index in [1.54, 1.807) is 0 Å². The maximum atomic E-state index is 12.7. The van der Waals surface area contributed by atoms with Gasteiger partial charge in [-0.2, -0.15) is 13.2 Å². The van der Waals surface area contributed by atoms with E-state index >= 15 is 0 Å². The SMILES string of the molecule is CC(COCC(F)(F)F)NC(=O)N(C)CCOc1ccc(F)cc1. The predicted molar refractivity (Wildman–Crippen MR) is 79.4 cm³/mol. The molecule has 0 radical (unpaired) electrons. The standard InChI is InChI=1S/C15H20F4N2O3/c1-11(9-23-10-15(17,18)19)20-14(22)21(2)7-8-24-13-5-3-12(16)4-6-13/h3-6,11H,7-10H2,1-2H3,(H,20,22). The van der Waals surface area contributed by atoms with Crippen molar-refractivity contribution < 1.29 is 31.8 Å². The summed E-state index contributed by atoms with van der Waals surface area (Å²) in [4.78, 5) is 13.2. The normalized spacial score (nSPS) is 12.6. The second-order valence-corrected chi connectivity index (χ2v) is 5.20. The fraction of sp³-hybridized carbons (Fsp3) is 0.533. The van der Waals surface area contributed by atoms with Crippen LogP contribution in [0.2, 0.25) is 0 Å². The molecule has 136 valence electrons. The van der Waals surface area contributed by atoms with E-state index in [9.17, 15) is 22.4 Å². The molecule has 0 aliphatic rings. The number of carbonyl (C=O) groups is 1. The van der Waals surface area contributed by atoms with Crippen molar-refractivity contribution >= 4 is 6.03 Å². The number of alkyl halides is 3. The summed E-state index contributed by atoms with van der Waals surface area (Å²) in [5.74, 6) is 0.0969. The lowest BCUT2D eigenvalue weighted by molar-refractivity contribution is -0.174. The Balaban J connectivity index is 2.22. The van der Waals surface area contributed by atoms with E-state index in [1.165, 1.54) is 43.1 Å². The number of ether oxygens (including phenoxy) is 2. The highest BCUT2D eigenvalue weighted by atomic mass is 19.4. The van der Waals surface area contributed by atoms with Crippen molar-refractivity contribution in [1.82, 2.24) is 10.2 Å². The van der Waals surface area contributed by atoms with Crippen molar-refractivity contribution in [2.75, 3.05) is 33.4 Å². The Kier molecular flexibility index (Phi) is 7.76. The fourth-order valence-electron chi connectivity index (χ4n) is 1.65. The Labute approximate surface area is 137 Å².